The number of hydrogen-bond donors (Lipinski definition) is 0. The van der Waals surface area contributed by atoms with Gasteiger partial charge in [-0.05, 0) is 14.0 Å². The molecule has 0 unspecified atom stereocenters. The quantitative estimate of drug-likeness (QED) is 0.517. The SMILES string of the molecule is C=CCN(C)C/C=C\C. The highest BCUT2D eigenvalue weighted by molar-refractivity contribution is 4.82. The fraction of sp³-hybridized carbons (Fsp3) is 0.500. The van der Waals surface area contributed by atoms with E-state index in [4.69, 9.17) is 0 Å². The molecule has 0 atom stereocenters. The molecule has 0 saturated heterocycles. The molecule has 0 rings (SSSR count). The third-order valence-corrected chi connectivity index (χ3v) is 1.09. The second kappa shape index (κ2) is 5.57. The lowest BCUT2D eigenvalue weighted by molar-refractivity contribution is 0.413. The van der Waals surface area contributed by atoms with Crippen molar-refractivity contribution in [1.82, 2.24) is 4.90 Å². The zero-order valence-corrected chi connectivity index (χ0v) is 6.30. The van der Waals surface area contributed by atoms with Crippen LogP contribution in [0.4, 0.5) is 0 Å². The van der Waals surface area contributed by atoms with Crippen LogP contribution < -0.4 is 0 Å². The molecule has 1 nitrogen and oxygen atoms in total. The molecule has 0 saturated carbocycles. The van der Waals surface area contributed by atoms with Crippen molar-refractivity contribution in [1.29, 1.82) is 0 Å². The van der Waals surface area contributed by atoms with Gasteiger partial charge in [-0.25, -0.2) is 0 Å². The minimum absolute atomic E-state index is 0.963. The Morgan fingerprint density at radius 3 is 2.56 bits per heavy atom. The van der Waals surface area contributed by atoms with E-state index in [9.17, 15) is 0 Å². The molecule has 0 aliphatic heterocycles. The molecule has 0 aromatic heterocycles. The van der Waals surface area contributed by atoms with Gasteiger partial charge in [-0.1, -0.05) is 18.2 Å². The third kappa shape index (κ3) is 5.31. The van der Waals surface area contributed by atoms with Gasteiger partial charge in [0, 0.05) is 13.1 Å². The van der Waals surface area contributed by atoms with Gasteiger partial charge in [0.25, 0.3) is 0 Å². The Balaban J connectivity index is 3.25. The van der Waals surface area contributed by atoms with Crippen molar-refractivity contribution in [3.05, 3.63) is 24.8 Å². The van der Waals surface area contributed by atoms with Gasteiger partial charge in [0.15, 0.2) is 0 Å². The van der Waals surface area contributed by atoms with Crippen molar-refractivity contribution in [2.75, 3.05) is 20.1 Å². The van der Waals surface area contributed by atoms with Crippen LogP contribution in [-0.2, 0) is 0 Å². The van der Waals surface area contributed by atoms with Crippen molar-refractivity contribution in [3.63, 3.8) is 0 Å². The Kier molecular flexibility index (Phi) is 5.23. The van der Waals surface area contributed by atoms with Crippen LogP contribution in [0.5, 0.6) is 0 Å². The van der Waals surface area contributed by atoms with Gasteiger partial charge in [-0.15, -0.1) is 6.58 Å². The summed E-state index contributed by atoms with van der Waals surface area (Å²) < 4.78 is 0. The number of nitrogens with zero attached hydrogens (tertiary/aromatic N) is 1. The van der Waals surface area contributed by atoms with Crippen LogP contribution in [0.25, 0.3) is 0 Å². The van der Waals surface area contributed by atoms with E-state index in [2.05, 4.69) is 30.7 Å². The first-order valence-electron chi connectivity index (χ1n) is 3.22. The maximum Gasteiger partial charge on any atom is 0.0163 e. The summed E-state index contributed by atoms with van der Waals surface area (Å²) in [6.07, 6.45) is 6.09. The van der Waals surface area contributed by atoms with Crippen LogP contribution >= 0.6 is 0 Å². The summed E-state index contributed by atoms with van der Waals surface area (Å²) in [5, 5.41) is 0. The molecular formula is C8H15N. The molecule has 0 amide bonds. The van der Waals surface area contributed by atoms with E-state index in [0.29, 0.717) is 0 Å². The van der Waals surface area contributed by atoms with E-state index in [1.54, 1.807) is 0 Å². The maximum atomic E-state index is 3.64. The third-order valence-electron chi connectivity index (χ3n) is 1.09. The summed E-state index contributed by atoms with van der Waals surface area (Å²) >= 11 is 0. The van der Waals surface area contributed by atoms with Crippen molar-refractivity contribution in [3.8, 4) is 0 Å². The molecule has 0 aliphatic carbocycles. The summed E-state index contributed by atoms with van der Waals surface area (Å²) in [6.45, 7) is 7.65. The molecule has 0 aromatic rings. The van der Waals surface area contributed by atoms with Crippen LogP contribution in [0.3, 0.4) is 0 Å². The lowest BCUT2D eigenvalue weighted by Crippen LogP contribution is -2.17. The Labute approximate surface area is 57.7 Å². The molecule has 0 aromatic carbocycles. The Morgan fingerprint density at radius 1 is 1.44 bits per heavy atom. The summed E-state index contributed by atoms with van der Waals surface area (Å²) in [5.41, 5.74) is 0. The predicted octanol–water partition coefficient (Wildman–Crippen LogP) is 1.68. The molecule has 0 heterocycles. The second-order valence-electron chi connectivity index (χ2n) is 2.08. The van der Waals surface area contributed by atoms with Gasteiger partial charge in [-0.3, -0.25) is 4.90 Å². The summed E-state index contributed by atoms with van der Waals surface area (Å²) in [5.74, 6) is 0. The van der Waals surface area contributed by atoms with Gasteiger partial charge in [0.2, 0.25) is 0 Å². The topological polar surface area (TPSA) is 3.24 Å². The van der Waals surface area contributed by atoms with Crippen molar-refractivity contribution >= 4 is 0 Å². The minimum Gasteiger partial charge on any atom is -0.299 e. The monoisotopic (exact) mass is 125 g/mol. The van der Waals surface area contributed by atoms with Crippen LogP contribution in [0.1, 0.15) is 6.92 Å². The second-order valence-corrected chi connectivity index (χ2v) is 2.08. The van der Waals surface area contributed by atoms with E-state index in [-0.39, 0.29) is 0 Å². The van der Waals surface area contributed by atoms with Crippen molar-refractivity contribution in [2.24, 2.45) is 0 Å². The molecule has 0 radical (unpaired) electrons. The van der Waals surface area contributed by atoms with Gasteiger partial charge < -0.3 is 0 Å². The smallest absolute Gasteiger partial charge is 0.0163 e. The fourth-order valence-electron chi connectivity index (χ4n) is 0.580. The zero-order chi connectivity index (χ0) is 7.11. The zero-order valence-electron chi connectivity index (χ0n) is 6.30. The molecule has 52 valence electrons. The first-order valence-corrected chi connectivity index (χ1v) is 3.22. The first kappa shape index (κ1) is 8.44. The summed E-state index contributed by atoms with van der Waals surface area (Å²) in [4.78, 5) is 2.19. The Hall–Kier alpha value is -0.560. The standard InChI is InChI=1S/C8H15N/c1-4-6-8-9(3)7-5-2/h4-6H,2,7-8H2,1,3H3/b6-4-. The Morgan fingerprint density at radius 2 is 2.11 bits per heavy atom. The van der Waals surface area contributed by atoms with Crippen LogP contribution in [0.2, 0.25) is 0 Å². The lowest BCUT2D eigenvalue weighted by atomic mass is 10.4. The van der Waals surface area contributed by atoms with Crippen LogP contribution in [0, 0.1) is 0 Å². The van der Waals surface area contributed by atoms with Crippen molar-refractivity contribution < 1.29 is 0 Å². The predicted molar refractivity (Wildman–Crippen MR) is 42.5 cm³/mol. The molecular weight excluding hydrogens is 110 g/mol. The molecule has 0 fully saturated rings. The average Bonchev–Trinajstić information content (AvgIpc) is 1.85. The normalized spacial score (nSPS) is 11.0. The van der Waals surface area contributed by atoms with Crippen molar-refractivity contribution in [2.45, 2.75) is 6.92 Å². The number of hydrogen-bond acceptors (Lipinski definition) is 1. The minimum atomic E-state index is 0.963. The average molecular weight is 125 g/mol. The molecule has 1 heteroatoms. The van der Waals surface area contributed by atoms with Gasteiger partial charge in [-0.2, -0.15) is 0 Å². The highest BCUT2D eigenvalue weighted by Crippen LogP contribution is 1.82. The van der Waals surface area contributed by atoms with E-state index in [1.807, 2.05) is 13.0 Å². The molecule has 0 aliphatic rings. The van der Waals surface area contributed by atoms with Gasteiger partial charge in [0.05, 0.1) is 0 Å². The van der Waals surface area contributed by atoms with Gasteiger partial charge >= 0.3 is 0 Å². The molecule has 0 bridgehead atoms. The lowest BCUT2D eigenvalue weighted by Gasteiger charge is -2.09. The molecule has 0 N–H and O–H groups in total. The highest BCUT2D eigenvalue weighted by atomic mass is 15.1. The van der Waals surface area contributed by atoms with E-state index < -0.39 is 0 Å². The highest BCUT2D eigenvalue weighted by Gasteiger charge is 1.86. The van der Waals surface area contributed by atoms with Crippen LogP contribution in [-0.4, -0.2) is 25.0 Å². The number of rotatable bonds is 4. The first-order chi connectivity index (χ1) is 4.31. The number of likely N-dealkylation sites (N-methyl/N-ethyl adjacent to an activating group) is 1. The largest absolute Gasteiger partial charge is 0.299 e. The van der Waals surface area contributed by atoms with E-state index in [0.717, 1.165) is 13.1 Å². The fourth-order valence-corrected chi connectivity index (χ4v) is 0.580. The van der Waals surface area contributed by atoms with E-state index >= 15 is 0 Å². The van der Waals surface area contributed by atoms with E-state index in [1.165, 1.54) is 0 Å². The molecule has 0 spiro atoms. The summed E-state index contributed by atoms with van der Waals surface area (Å²) in [6, 6.07) is 0. The summed E-state index contributed by atoms with van der Waals surface area (Å²) in [7, 11) is 2.07. The maximum absolute atomic E-state index is 3.64. The number of allylic oxidation sites excluding steroid dienone is 1. The molecule has 9 heavy (non-hydrogen) atoms. The Bertz CT molecular complexity index is 94.7. The van der Waals surface area contributed by atoms with Gasteiger partial charge in [0.1, 0.15) is 0 Å². The van der Waals surface area contributed by atoms with Crippen LogP contribution in [0.15, 0.2) is 24.8 Å².